The van der Waals surface area contributed by atoms with Gasteiger partial charge >= 0.3 is 0 Å². The first-order chi connectivity index (χ1) is 11.9. The highest BCUT2D eigenvalue weighted by atomic mass is 35.5. The van der Waals surface area contributed by atoms with Crippen molar-refractivity contribution in [2.45, 2.75) is 0 Å². The molecule has 0 fully saturated rings. The monoisotopic (exact) mass is 375 g/mol. The van der Waals surface area contributed by atoms with Gasteiger partial charge in [0.15, 0.2) is 5.75 Å². The lowest BCUT2D eigenvalue weighted by atomic mass is 10.1. The Morgan fingerprint density at radius 1 is 1.00 bits per heavy atom. The highest BCUT2D eigenvalue weighted by Crippen LogP contribution is 2.34. The molecule has 9 heteroatoms. The SMILES string of the molecule is O=C1NC(=O)c2cc(-n3cnc4c(O)c(Cl)cc(Cl)c4c3=O)ccc21. The summed E-state index contributed by atoms with van der Waals surface area (Å²) in [5.41, 5.74) is 0.158. The lowest BCUT2D eigenvalue weighted by Crippen LogP contribution is -2.20. The van der Waals surface area contributed by atoms with Crippen molar-refractivity contribution in [1.29, 1.82) is 0 Å². The van der Waals surface area contributed by atoms with Crippen molar-refractivity contribution in [1.82, 2.24) is 14.9 Å². The maximum Gasteiger partial charge on any atom is 0.267 e. The van der Waals surface area contributed by atoms with Crippen LogP contribution in [0.15, 0.2) is 35.4 Å². The molecule has 1 aromatic heterocycles. The lowest BCUT2D eigenvalue weighted by molar-refractivity contribution is 0.0879. The molecule has 7 nitrogen and oxygen atoms in total. The molecule has 0 spiro atoms. The molecular formula is C16H7Cl2N3O4. The van der Waals surface area contributed by atoms with E-state index in [4.69, 9.17) is 23.2 Å². The van der Waals surface area contributed by atoms with Crippen LogP contribution in [-0.2, 0) is 0 Å². The van der Waals surface area contributed by atoms with Gasteiger partial charge in [0, 0.05) is 0 Å². The fourth-order valence-electron chi connectivity index (χ4n) is 2.70. The molecular weight excluding hydrogens is 369 g/mol. The first kappa shape index (κ1) is 15.6. The Hall–Kier alpha value is -2.90. The number of hydrogen-bond donors (Lipinski definition) is 2. The predicted octanol–water partition coefficient (Wildman–Crippen LogP) is 2.28. The summed E-state index contributed by atoms with van der Waals surface area (Å²) in [6, 6.07) is 5.62. The van der Waals surface area contributed by atoms with Crippen LogP contribution in [0, 0.1) is 0 Å². The van der Waals surface area contributed by atoms with Gasteiger partial charge in [0.05, 0.1) is 32.2 Å². The normalized spacial score (nSPS) is 13.2. The van der Waals surface area contributed by atoms with Gasteiger partial charge in [-0.1, -0.05) is 23.2 Å². The van der Waals surface area contributed by atoms with E-state index >= 15 is 0 Å². The van der Waals surface area contributed by atoms with E-state index in [1.165, 1.54) is 30.6 Å². The van der Waals surface area contributed by atoms with Crippen molar-refractivity contribution >= 4 is 45.9 Å². The molecule has 0 aliphatic carbocycles. The largest absolute Gasteiger partial charge is 0.504 e. The number of halogens is 2. The maximum atomic E-state index is 12.8. The fourth-order valence-corrected chi connectivity index (χ4v) is 3.24. The van der Waals surface area contributed by atoms with Crippen LogP contribution in [0.1, 0.15) is 20.7 Å². The summed E-state index contributed by atoms with van der Waals surface area (Å²) < 4.78 is 1.16. The standard InChI is InChI=1S/C16H7Cl2N3O4/c17-9-4-10(18)13(22)12-11(9)16(25)21(5-19-12)6-1-2-7-8(3-6)15(24)20-14(7)23/h1-5,22H,(H,20,23,24). The topological polar surface area (TPSA) is 101 Å². The van der Waals surface area contributed by atoms with Gasteiger partial charge in [-0.2, -0.15) is 0 Å². The molecule has 2 N–H and O–H groups in total. The number of phenols is 1. The van der Waals surface area contributed by atoms with Gasteiger partial charge in [0.25, 0.3) is 17.4 Å². The average Bonchev–Trinajstić information content (AvgIpc) is 2.86. The Morgan fingerprint density at radius 3 is 2.48 bits per heavy atom. The van der Waals surface area contributed by atoms with Crippen LogP contribution >= 0.6 is 23.2 Å². The quantitative estimate of drug-likeness (QED) is 0.635. The predicted molar refractivity (Wildman–Crippen MR) is 90.8 cm³/mol. The molecule has 2 heterocycles. The zero-order valence-electron chi connectivity index (χ0n) is 12.2. The van der Waals surface area contributed by atoms with Crippen LogP contribution in [0.5, 0.6) is 5.75 Å². The van der Waals surface area contributed by atoms with Crippen LogP contribution in [-0.4, -0.2) is 26.5 Å². The van der Waals surface area contributed by atoms with Crippen molar-refractivity contribution in [3.8, 4) is 11.4 Å². The van der Waals surface area contributed by atoms with Crippen molar-refractivity contribution in [3.05, 3.63) is 62.1 Å². The number of rotatable bonds is 1. The Bertz CT molecular complexity index is 1170. The Morgan fingerprint density at radius 2 is 1.72 bits per heavy atom. The van der Waals surface area contributed by atoms with Gasteiger partial charge in [-0.15, -0.1) is 0 Å². The number of amides is 2. The lowest BCUT2D eigenvalue weighted by Gasteiger charge is -2.10. The minimum atomic E-state index is -0.549. The second-order valence-corrected chi connectivity index (χ2v) is 6.16. The number of imide groups is 1. The van der Waals surface area contributed by atoms with E-state index in [1.54, 1.807) is 0 Å². The van der Waals surface area contributed by atoms with Crippen molar-refractivity contribution in [3.63, 3.8) is 0 Å². The van der Waals surface area contributed by atoms with Crippen LogP contribution < -0.4 is 10.9 Å². The zero-order chi connectivity index (χ0) is 17.9. The molecule has 0 radical (unpaired) electrons. The molecule has 0 unspecified atom stereocenters. The minimum Gasteiger partial charge on any atom is -0.504 e. The highest BCUT2D eigenvalue weighted by Gasteiger charge is 2.27. The van der Waals surface area contributed by atoms with Gasteiger partial charge < -0.3 is 5.11 Å². The van der Waals surface area contributed by atoms with E-state index in [0.29, 0.717) is 5.69 Å². The number of fused-ring (bicyclic) bond motifs is 2. The number of aromatic hydroxyl groups is 1. The van der Waals surface area contributed by atoms with E-state index in [9.17, 15) is 19.5 Å². The summed E-state index contributed by atoms with van der Waals surface area (Å²) >= 11 is 11.9. The van der Waals surface area contributed by atoms with Crippen LogP contribution in [0.25, 0.3) is 16.6 Å². The summed E-state index contributed by atoms with van der Waals surface area (Å²) in [6.07, 6.45) is 1.19. The Balaban J connectivity index is 1.99. The fraction of sp³-hybridized carbons (Fsp3) is 0. The second kappa shape index (κ2) is 5.30. The summed E-state index contributed by atoms with van der Waals surface area (Å²) in [6.45, 7) is 0. The first-order valence-corrected chi connectivity index (χ1v) is 7.72. The first-order valence-electron chi connectivity index (χ1n) is 6.97. The van der Waals surface area contributed by atoms with E-state index < -0.39 is 17.4 Å². The van der Waals surface area contributed by atoms with E-state index in [1.807, 2.05) is 0 Å². The molecule has 3 aromatic rings. The van der Waals surface area contributed by atoms with E-state index in [2.05, 4.69) is 10.3 Å². The Kier molecular flexibility index (Phi) is 3.31. The summed E-state index contributed by atoms with van der Waals surface area (Å²) in [5, 5.41) is 12.2. The number of hydrogen-bond acceptors (Lipinski definition) is 5. The number of nitrogens with one attached hydrogen (secondary N) is 1. The van der Waals surface area contributed by atoms with Gasteiger partial charge in [-0.05, 0) is 24.3 Å². The van der Waals surface area contributed by atoms with Gasteiger partial charge in [0.2, 0.25) is 0 Å². The van der Waals surface area contributed by atoms with Gasteiger partial charge in [-0.25, -0.2) is 4.98 Å². The Labute approximate surface area is 149 Å². The van der Waals surface area contributed by atoms with Crippen LogP contribution in [0.2, 0.25) is 10.0 Å². The average molecular weight is 376 g/mol. The molecule has 0 saturated heterocycles. The number of phenolic OH excluding ortho intramolecular Hbond substituents is 1. The molecule has 25 heavy (non-hydrogen) atoms. The van der Waals surface area contributed by atoms with Crippen molar-refractivity contribution < 1.29 is 14.7 Å². The molecule has 0 saturated carbocycles. The number of carbonyl (C=O) groups excluding carboxylic acids is 2. The zero-order valence-corrected chi connectivity index (χ0v) is 13.7. The summed E-state index contributed by atoms with van der Waals surface area (Å²) in [5.74, 6) is -1.37. The molecule has 2 aromatic carbocycles. The van der Waals surface area contributed by atoms with E-state index in [-0.39, 0.29) is 37.8 Å². The second-order valence-electron chi connectivity index (χ2n) is 5.35. The molecule has 1 aliphatic heterocycles. The molecule has 4 rings (SSSR count). The van der Waals surface area contributed by atoms with Gasteiger partial charge in [-0.3, -0.25) is 24.3 Å². The van der Waals surface area contributed by atoms with Crippen LogP contribution in [0.3, 0.4) is 0 Å². The highest BCUT2D eigenvalue weighted by molar-refractivity contribution is 6.39. The number of carbonyl (C=O) groups is 2. The molecule has 0 atom stereocenters. The van der Waals surface area contributed by atoms with E-state index in [0.717, 1.165) is 4.57 Å². The minimum absolute atomic E-state index is 0.00732. The number of nitrogens with zero attached hydrogens (tertiary/aromatic N) is 2. The third-order valence-electron chi connectivity index (χ3n) is 3.91. The van der Waals surface area contributed by atoms with Crippen LogP contribution in [0.4, 0.5) is 0 Å². The molecule has 0 bridgehead atoms. The molecule has 124 valence electrons. The van der Waals surface area contributed by atoms with Crippen molar-refractivity contribution in [2.75, 3.05) is 0 Å². The molecule has 2 amide bonds. The maximum absolute atomic E-state index is 12.8. The summed E-state index contributed by atoms with van der Waals surface area (Å²) in [4.78, 5) is 40.2. The third kappa shape index (κ3) is 2.20. The smallest absolute Gasteiger partial charge is 0.267 e. The third-order valence-corrected chi connectivity index (χ3v) is 4.50. The molecule has 1 aliphatic rings. The van der Waals surface area contributed by atoms with Crippen molar-refractivity contribution in [2.24, 2.45) is 0 Å². The summed E-state index contributed by atoms with van der Waals surface area (Å²) in [7, 11) is 0. The van der Waals surface area contributed by atoms with Gasteiger partial charge in [0.1, 0.15) is 11.8 Å². The number of benzene rings is 2. The number of aromatic nitrogens is 2.